The Kier molecular flexibility index (Phi) is 2.48. The van der Waals surface area contributed by atoms with Crippen LogP contribution in [0.1, 0.15) is 17.3 Å². The summed E-state index contributed by atoms with van der Waals surface area (Å²) in [5.74, 6) is -0.294. The molecule has 0 amide bonds. The molecule has 2 aromatic heterocycles. The van der Waals surface area contributed by atoms with Gasteiger partial charge in [-0.05, 0) is 31.2 Å². The van der Waals surface area contributed by atoms with Gasteiger partial charge in [0.25, 0.3) is 0 Å². The van der Waals surface area contributed by atoms with E-state index in [2.05, 4.69) is 9.97 Å². The van der Waals surface area contributed by atoms with Crippen LogP contribution >= 0.6 is 0 Å². The molecule has 1 N–H and O–H groups in total. The molecule has 18 heavy (non-hydrogen) atoms. The Morgan fingerprint density at radius 2 is 2.11 bits per heavy atom. The molecule has 0 aliphatic heterocycles. The third-order valence-corrected chi connectivity index (χ3v) is 2.91. The summed E-state index contributed by atoms with van der Waals surface area (Å²) in [6, 6.07) is 7.41. The Morgan fingerprint density at radius 1 is 1.28 bits per heavy atom. The van der Waals surface area contributed by atoms with E-state index in [0.717, 1.165) is 21.8 Å². The van der Waals surface area contributed by atoms with Crippen LogP contribution in [0, 0.1) is 0 Å². The zero-order valence-corrected chi connectivity index (χ0v) is 9.93. The highest BCUT2D eigenvalue weighted by Gasteiger charge is 2.10. The lowest BCUT2D eigenvalue weighted by molar-refractivity contribution is 0.0526. The second kappa shape index (κ2) is 4.14. The van der Waals surface area contributed by atoms with Crippen molar-refractivity contribution in [1.82, 2.24) is 9.97 Å². The molecule has 0 unspecified atom stereocenters. The minimum Gasteiger partial charge on any atom is -0.462 e. The molecule has 90 valence electrons. The summed E-state index contributed by atoms with van der Waals surface area (Å²) in [5, 5.41) is 2.00. The lowest BCUT2D eigenvalue weighted by Gasteiger charge is -2.01. The van der Waals surface area contributed by atoms with Gasteiger partial charge in [0.1, 0.15) is 0 Å². The first-order valence-electron chi connectivity index (χ1n) is 5.82. The first-order valence-corrected chi connectivity index (χ1v) is 5.82. The molecule has 0 aliphatic rings. The van der Waals surface area contributed by atoms with E-state index in [1.807, 2.05) is 18.2 Å². The van der Waals surface area contributed by atoms with Gasteiger partial charge in [0.15, 0.2) is 0 Å². The largest absolute Gasteiger partial charge is 0.462 e. The van der Waals surface area contributed by atoms with E-state index in [4.69, 9.17) is 4.74 Å². The lowest BCUT2D eigenvalue weighted by atomic mass is 10.1. The number of benzene rings is 1. The van der Waals surface area contributed by atoms with Gasteiger partial charge in [-0.15, -0.1) is 0 Å². The van der Waals surface area contributed by atoms with E-state index in [0.29, 0.717) is 12.2 Å². The van der Waals surface area contributed by atoms with Gasteiger partial charge in [0, 0.05) is 34.2 Å². The maximum absolute atomic E-state index is 11.7. The van der Waals surface area contributed by atoms with Gasteiger partial charge < -0.3 is 9.72 Å². The van der Waals surface area contributed by atoms with Crippen LogP contribution in [0.4, 0.5) is 0 Å². The predicted octanol–water partition coefficient (Wildman–Crippen LogP) is 2.89. The maximum atomic E-state index is 11.7. The molecule has 2 heterocycles. The second-order valence-corrected chi connectivity index (χ2v) is 4.03. The zero-order chi connectivity index (χ0) is 12.5. The average Bonchev–Trinajstić information content (AvgIpc) is 2.76. The normalized spacial score (nSPS) is 10.9. The van der Waals surface area contributed by atoms with Crippen LogP contribution in [0.3, 0.4) is 0 Å². The highest BCUT2D eigenvalue weighted by Crippen LogP contribution is 2.25. The van der Waals surface area contributed by atoms with Crippen LogP contribution in [0.5, 0.6) is 0 Å². The molecule has 0 fully saturated rings. The molecule has 0 bridgehead atoms. The van der Waals surface area contributed by atoms with Gasteiger partial charge >= 0.3 is 5.97 Å². The van der Waals surface area contributed by atoms with Crippen LogP contribution in [0.2, 0.25) is 0 Å². The summed E-state index contributed by atoms with van der Waals surface area (Å²) in [5.41, 5.74) is 2.57. The van der Waals surface area contributed by atoms with Crippen molar-refractivity contribution in [1.29, 1.82) is 0 Å². The number of carbonyl (C=O) groups excluding carboxylic acids is 1. The first-order chi connectivity index (χ1) is 8.79. The molecule has 0 aliphatic carbocycles. The summed E-state index contributed by atoms with van der Waals surface area (Å²) < 4.78 is 5.00. The number of carbonyl (C=O) groups is 1. The highest BCUT2D eigenvalue weighted by molar-refractivity contribution is 6.09. The maximum Gasteiger partial charge on any atom is 0.338 e. The Balaban J connectivity index is 2.21. The number of rotatable bonds is 2. The average molecular weight is 240 g/mol. The summed E-state index contributed by atoms with van der Waals surface area (Å²) in [7, 11) is 0. The molecule has 3 aromatic rings. The van der Waals surface area contributed by atoms with Crippen LogP contribution in [0.15, 0.2) is 36.7 Å². The van der Waals surface area contributed by atoms with E-state index < -0.39 is 0 Å². The van der Waals surface area contributed by atoms with E-state index in [1.54, 1.807) is 25.4 Å². The molecule has 0 saturated carbocycles. The number of nitrogens with zero attached hydrogens (tertiary/aromatic N) is 1. The van der Waals surface area contributed by atoms with Crippen molar-refractivity contribution in [3.8, 4) is 0 Å². The first kappa shape index (κ1) is 10.8. The van der Waals surface area contributed by atoms with Gasteiger partial charge in [-0.2, -0.15) is 0 Å². The van der Waals surface area contributed by atoms with Crippen LogP contribution in [0.25, 0.3) is 21.8 Å². The second-order valence-electron chi connectivity index (χ2n) is 4.03. The van der Waals surface area contributed by atoms with Gasteiger partial charge in [0.2, 0.25) is 0 Å². The molecular weight excluding hydrogens is 228 g/mol. The fourth-order valence-electron chi connectivity index (χ4n) is 2.08. The minimum absolute atomic E-state index is 0.294. The van der Waals surface area contributed by atoms with Crippen molar-refractivity contribution in [2.75, 3.05) is 6.61 Å². The van der Waals surface area contributed by atoms with E-state index in [-0.39, 0.29) is 5.97 Å². The summed E-state index contributed by atoms with van der Waals surface area (Å²) in [6.45, 7) is 2.18. The topological polar surface area (TPSA) is 55.0 Å². The van der Waals surface area contributed by atoms with Crippen LogP contribution in [-0.4, -0.2) is 22.5 Å². The number of pyridine rings is 1. The predicted molar refractivity (Wildman–Crippen MR) is 69.6 cm³/mol. The number of hydrogen-bond acceptors (Lipinski definition) is 3. The van der Waals surface area contributed by atoms with Gasteiger partial charge in [-0.1, -0.05) is 0 Å². The Bertz CT molecular complexity index is 731. The number of esters is 1. The molecule has 3 rings (SSSR count). The Labute approximate surface area is 104 Å². The molecule has 4 nitrogen and oxygen atoms in total. The molecule has 0 radical (unpaired) electrons. The standard InChI is InChI=1S/C14H12N2O2/c1-2-18-14(17)9-3-4-12-10(7-9)11-8-15-6-5-13(11)16-12/h3-8,16H,2H2,1H3. The van der Waals surface area contributed by atoms with E-state index in [1.165, 1.54) is 0 Å². The van der Waals surface area contributed by atoms with Crippen LogP contribution < -0.4 is 0 Å². The number of aromatic amines is 1. The van der Waals surface area contributed by atoms with Crippen molar-refractivity contribution in [3.63, 3.8) is 0 Å². The van der Waals surface area contributed by atoms with Crippen molar-refractivity contribution >= 4 is 27.8 Å². The number of aromatic nitrogens is 2. The smallest absolute Gasteiger partial charge is 0.338 e. The number of fused-ring (bicyclic) bond motifs is 3. The van der Waals surface area contributed by atoms with Crippen molar-refractivity contribution in [2.45, 2.75) is 6.92 Å². The number of H-pyrrole nitrogens is 1. The van der Waals surface area contributed by atoms with Crippen molar-refractivity contribution in [3.05, 3.63) is 42.2 Å². The van der Waals surface area contributed by atoms with E-state index in [9.17, 15) is 4.79 Å². The third kappa shape index (κ3) is 1.62. The molecule has 1 aromatic carbocycles. The fraction of sp³-hybridized carbons (Fsp3) is 0.143. The number of nitrogens with one attached hydrogen (secondary N) is 1. The quantitative estimate of drug-likeness (QED) is 0.701. The monoisotopic (exact) mass is 240 g/mol. The van der Waals surface area contributed by atoms with Gasteiger partial charge in [-0.25, -0.2) is 4.79 Å². The molecule has 0 spiro atoms. The minimum atomic E-state index is -0.294. The third-order valence-electron chi connectivity index (χ3n) is 2.91. The molecule has 0 saturated heterocycles. The summed E-state index contributed by atoms with van der Waals surface area (Å²) >= 11 is 0. The van der Waals surface area contributed by atoms with E-state index >= 15 is 0 Å². The van der Waals surface area contributed by atoms with Crippen molar-refractivity contribution < 1.29 is 9.53 Å². The zero-order valence-electron chi connectivity index (χ0n) is 9.93. The fourth-order valence-corrected chi connectivity index (χ4v) is 2.08. The lowest BCUT2D eigenvalue weighted by Crippen LogP contribution is -2.03. The van der Waals surface area contributed by atoms with Gasteiger partial charge in [-0.3, -0.25) is 4.98 Å². The Morgan fingerprint density at radius 3 is 2.94 bits per heavy atom. The highest BCUT2D eigenvalue weighted by atomic mass is 16.5. The van der Waals surface area contributed by atoms with Crippen LogP contribution in [-0.2, 0) is 4.74 Å². The Hall–Kier alpha value is -2.36. The SMILES string of the molecule is CCOC(=O)c1ccc2[nH]c3ccncc3c2c1. The van der Waals surface area contributed by atoms with Gasteiger partial charge in [0.05, 0.1) is 12.2 Å². The molecule has 4 heteroatoms. The summed E-state index contributed by atoms with van der Waals surface area (Å²) in [6.07, 6.45) is 3.53. The summed E-state index contributed by atoms with van der Waals surface area (Å²) in [4.78, 5) is 19.1. The molecule has 0 atom stereocenters. The number of hydrogen-bond donors (Lipinski definition) is 1. The van der Waals surface area contributed by atoms with Crippen molar-refractivity contribution in [2.24, 2.45) is 0 Å². The number of ether oxygens (including phenoxy) is 1. The molecular formula is C14H12N2O2.